The van der Waals surface area contributed by atoms with Gasteiger partial charge in [-0.3, -0.25) is 9.59 Å². The summed E-state index contributed by atoms with van der Waals surface area (Å²) in [5.41, 5.74) is 3.53. The van der Waals surface area contributed by atoms with Crippen LogP contribution in [0.1, 0.15) is 48.0 Å². The van der Waals surface area contributed by atoms with Crippen molar-refractivity contribution < 1.29 is 14.3 Å². The lowest BCUT2D eigenvalue weighted by Gasteiger charge is -2.20. The van der Waals surface area contributed by atoms with E-state index in [1.54, 1.807) is 12.1 Å². The number of benzene rings is 3. The molecule has 1 aliphatic rings. The molecule has 0 amide bonds. The average molecular weight is 411 g/mol. The summed E-state index contributed by atoms with van der Waals surface area (Å²) in [4.78, 5) is 25.2. The largest absolute Gasteiger partial charge is 0.426 e. The van der Waals surface area contributed by atoms with E-state index in [4.69, 9.17) is 4.74 Å². The topological polar surface area (TPSA) is 43.4 Å². The molecule has 0 aromatic heterocycles. The summed E-state index contributed by atoms with van der Waals surface area (Å²) in [6, 6.07) is 25.0. The summed E-state index contributed by atoms with van der Waals surface area (Å²) in [5, 5.41) is 0. The minimum atomic E-state index is -0.164. The number of carbonyl (C=O) groups is 2. The van der Waals surface area contributed by atoms with E-state index in [2.05, 4.69) is 0 Å². The average Bonchev–Trinajstić information content (AvgIpc) is 2.84. The van der Waals surface area contributed by atoms with Gasteiger partial charge in [-0.25, -0.2) is 0 Å². The smallest absolute Gasteiger partial charge is 0.314 e. The van der Waals surface area contributed by atoms with Crippen LogP contribution in [0.2, 0.25) is 0 Å². The molecule has 4 rings (SSSR count). The normalized spacial score (nSPS) is 14.5. The maximum Gasteiger partial charge on any atom is 0.314 e. The molecule has 0 radical (unpaired) electrons. The molecule has 3 aromatic carbocycles. The maximum absolute atomic E-state index is 12.7. The van der Waals surface area contributed by atoms with Crippen LogP contribution in [0.5, 0.6) is 5.75 Å². The number of ketones is 1. The summed E-state index contributed by atoms with van der Waals surface area (Å²) in [5.74, 6) is 0.230. The van der Waals surface area contributed by atoms with Crippen LogP contribution in [0, 0.1) is 5.92 Å². The van der Waals surface area contributed by atoms with E-state index in [9.17, 15) is 9.59 Å². The monoisotopic (exact) mass is 410 g/mol. The Hall–Kier alpha value is -3.46. The fraction of sp³-hybridized carbons (Fsp3) is 0.214. The van der Waals surface area contributed by atoms with Crippen LogP contribution in [-0.4, -0.2) is 11.8 Å². The Labute approximate surface area is 183 Å². The van der Waals surface area contributed by atoms with Crippen molar-refractivity contribution in [3.8, 4) is 16.9 Å². The number of hydrogen-bond acceptors (Lipinski definition) is 3. The molecular formula is C28H26O3. The van der Waals surface area contributed by atoms with Gasteiger partial charge >= 0.3 is 5.97 Å². The first-order valence-corrected chi connectivity index (χ1v) is 10.9. The van der Waals surface area contributed by atoms with Crippen LogP contribution >= 0.6 is 0 Å². The Balaban J connectivity index is 1.44. The molecule has 3 heteroatoms. The van der Waals surface area contributed by atoms with Gasteiger partial charge in [0.2, 0.25) is 0 Å². The summed E-state index contributed by atoms with van der Waals surface area (Å²) in [7, 11) is 0. The Morgan fingerprint density at radius 1 is 0.742 bits per heavy atom. The zero-order valence-electron chi connectivity index (χ0n) is 17.5. The Kier molecular flexibility index (Phi) is 6.73. The number of hydrogen-bond donors (Lipinski definition) is 0. The van der Waals surface area contributed by atoms with Crippen molar-refractivity contribution >= 4 is 17.8 Å². The zero-order valence-corrected chi connectivity index (χ0v) is 17.5. The highest BCUT2D eigenvalue weighted by molar-refractivity contribution is 6.07. The van der Waals surface area contributed by atoms with Crippen molar-refractivity contribution in [2.75, 3.05) is 0 Å². The molecule has 0 N–H and O–H groups in total. The molecule has 0 bridgehead atoms. The van der Waals surface area contributed by atoms with Crippen LogP contribution in [-0.2, 0) is 4.79 Å². The number of rotatable bonds is 6. The molecule has 3 nitrogen and oxygen atoms in total. The van der Waals surface area contributed by atoms with Crippen LogP contribution in [0.25, 0.3) is 17.2 Å². The van der Waals surface area contributed by atoms with E-state index >= 15 is 0 Å². The van der Waals surface area contributed by atoms with Crippen molar-refractivity contribution in [2.45, 2.75) is 32.1 Å². The number of carbonyl (C=O) groups excluding carboxylic acids is 2. The number of allylic oxidation sites excluding steroid dienone is 1. The van der Waals surface area contributed by atoms with Gasteiger partial charge in [0, 0.05) is 11.1 Å². The van der Waals surface area contributed by atoms with E-state index in [-0.39, 0.29) is 17.7 Å². The first-order valence-electron chi connectivity index (χ1n) is 10.9. The SMILES string of the molecule is O=C(/C=C/c1ccccc1OC(=O)C1CCCCC1)c1ccc(-c2ccccc2)cc1. The lowest BCUT2D eigenvalue weighted by molar-refractivity contribution is -0.140. The highest BCUT2D eigenvalue weighted by Crippen LogP contribution is 2.27. The van der Waals surface area contributed by atoms with Gasteiger partial charge in [-0.05, 0) is 42.2 Å². The van der Waals surface area contributed by atoms with Gasteiger partial charge in [0.1, 0.15) is 5.75 Å². The van der Waals surface area contributed by atoms with Crippen LogP contribution < -0.4 is 4.74 Å². The second-order valence-electron chi connectivity index (χ2n) is 7.93. The van der Waals surface area contributed by atoms with Crippen LogP contribution in [0.4, 0.5) is 0 Å². The fourth-order valence-corrected chi connectivity index (χ4v) is 3.96. The number of para-hydroxylation sites is 1. The predicted octanol–water partition coefficient (Wildman–Crippen LogP) is 6.74. The maximum atomic E-state index is 12.7. The van der Waals surface area contributed by atoms with Gasteiger partial charge in [-0.2, -0.15) is 0 Å². The van der Waals surface area contributed by atoms with E-state index < -0.39 is 0 Å². The number of ether oxygens (including phenoxy) is 1. The molecule has 0 heterocycles. The second kappa shape index (κ2) is 10.0. The third kappa shape index (κ3) is 5.37. The van der Waals surface area contributed by atoms with Crippen LogP contribution in [0.15, 0.2) is 84.9 Å². The van der Waals surface area contributed by atoms with Crippen molar-refractivity contribution in [3.05, 3.63) is 96.1 Å². The van der Waals surface area contributed by atoms with E-state index in [0.29, 0.717) is 11.3 Å². The van der Waals surface area contributed by atoms with Crippen molar-refractivity contribution in [2.24, 2.45) is 5.92 Å². The summed E-state index contributed by atoms with van der Waals surface area (Å²) < 4.78 is 5.69. The molecule has 1 fully saturated rings. The molecule has 0 spiro atoms. The minimum Gasteiger partial charge on any atom is -0.426 e. The highest BCUT2D eigenvalue weighted by atomic mass is 16.5. The molecule has 31 heavy (non-hydrogen) atoms. The van der Waals surface area contributed by atoms with Crippen molar-refractivity contribution in [1.29, 1.82) is 0 Å². The minimum absolute atomic E-state index is 0.0180. The quantitative estimate of drug-likeness (QED) is 0.196. The second-order valence-corrected chi connectivity index (χ2v) is 7.93. The van der Waals surface area contributed by atoms with Gasteiger partial charge < -0.3 is 4.74 Å². The molecule has 0 saturated heterocycles. The van der Waals surface area contributed by atoms with E-state index in [0.717, 1.165) is 42.4 Å². The molecule has 156 valence electrons. The summed E-state index contributed by atoms with van der Waals surface area (Å²) >= 11 is 0. The third-order valence-corrected chi connectivity index (χ3v) is 5.76. The molecule has 3 aromatic rings. The van der Waals surface area contributed by atoms with Gasteiger partial charge in [0.25, 0.3) is 0 Å². The van der Waals surface area contributed by atoms with Gasteiger partial charge in [-0.1, -0.05) is 92.1 Å². The Morgan fingerprint density at radius 2 is 1.39 bits per heavy atom. The van der Waals surface area contributed by atoms with Crippen molar-refractivity contribution in [1.82, 2.24) is 0 Å². The molecule has 0 aliphatic heterocycles. The highest BCUT2D eigenvalue weighted by Gasteiger charge is 2.23. The lowest BCUT2D eigenvalue weighted by atomic mass is 9.89. The standard InChI is InChI=1S/C28H26O3/c29-26(23-17-15-22(16-18-23)21-9-3-1-4-10-21)20-19-24-11-7-8-14-27(24)31-28(30)25-12-5-2-6-13-25/h1,3-4,7-11,14-20,25H,2,5-6,12-13H2/b20-19+. The van der Waals surface area contributed by atoms with Gasteiger partial charge in [0.05, 0.1) is 5.92 Å². The summed E-state index contributed by atoms with van der Waals surface area (Å²) in [6.45, 7) is 0. The van der Waals surface area contributed by atoms with Crippen LogP contribution in [0.3, 0.4) is 0 Å². The molecule has 0 atom stereocenters. The first kappa shape index (κ1) is 20.8. The molecule has 0 unspecified atom stereocenters. The fourth-order valence-electron chi connectivity index (χ4n) is 3.96. The molecule has 1 saturated carbocycles. The van der Waals surface area contributed by atoms with E-state index in [1.807, 2.05) is 72.8 Å². The molecule has 1 aliphatic carbocycles. The van der Waals surface area contributed by atoms with Crippen molar-refractivity contribution in [3.63, 3.8) is 0 Å². The van der Waals surface area contributed by atoms with Gasteiger partial charge in [0.15, 0.2) is 5.78 Å². The lowest BCUT2D eigenvalue weighted by Crippen LogP contribution is -2.23. The number of esters is 1. The van der Waals surface area contributed by atoms with E-state index in [1.165, 1.54) is 12.5 Å². The summed E-state index contributed by atoms with van der Waals surface area (Å²) in [6.07, 6.45) is 8.40. The Morgan fingerprint density at radius 3 is 2.13 bits per heavy atom. The predicted molar refractivity (Wildman–Crippen MR) is 124 cm³/mol. The Bertz CT molecular complexity index is 1060. The zero-order chi connectivity index (χ0) is 21.5. The molecular weight excluding hydrogens is 384 g/mol. The third-order valence-electron chi connectivity index (χ3n) is 5.76. The first-order chi connectivity index (χ1) is 15.2. The van der Waals surface area contributed by atoms with Gasteiger partial charge in [-0.15, -0.1) is 0 Å².